The summed E-state index contributed by atoms with van der Waals surface area (Å²) in [6.45, 7) is 0. The summed E-state index contributed by atoms with van der Waals surface area (Å²) in [6.07, 6.45) is 0. The van der Waals surface area contributed by atoms with Crippen LogP contribution in [0.3, 0.4) is 0 Å². The second kappa shape index (κ2) is 9.07. The van der Waals surface area contributed by atoms with Crippen LogP contribution in [0.15, 0.2) is 91.0 Å². The van der Waals surface area contributed by atoms with Crippen molar-refractivity contribution in [1.29, 1.82) is 0 Å². The third-order valence-corrected chi connectivity index (χ3v) is 8.17. The number of halogens is 1. The Balaban J connectivity index is 0.000000774. The molecule has 0 unspecified atom stereocenters. The van der Waals surface area contributed by atoms with Crippen LogP contribution in [-0.4, -0.2) is 19.6 Å². The molecule has 0 amide bonds. The minimum atomic E-state index is -1.39. The summed E-state index contributed by atoms with van der Waals surface area (Å²) in [5.74, 6) is 0. The average molecular weight is 448 g/mol. The van der Waals surface area contributed by atoms with Gasteiger partial charge < -0.3 is 0 Å². The maximum absolute atomic E-state index is 2.26. The van der Waals surface area contributed by atoms with Gasteiger partial charge in [0, 0.05) is 0 Å². The quantitative estimate of drug-likeness (QED) is 0.328. The van der Waals surface area contributed by atoms with Gasteiger partial charge in [-0.3, -0.25) is 0 Å². The number of benzene rings is 3. The van der Waals surface area contributed by atoms with Crippen molar-refractivity contribution in [3.63, 3.8) is 0 Å². The number of hydrogen-bond acceptors (Lipinski definition) is 0. The molecule has 0 heterocycles. The van der Waals surface area contributed by atoms with Gasteiger partial charge in [-0.1, -0.05) is 22.6 Å². The molecule has 0 N–H and O–H groups in total. The fourth-order valence-corrected chi connectivity index (χ4v) is 7.02. The molecule has 21 heavy (non-hydrogen) atoms. The first-order valence-electron chi connectivity index (χ1n) is 6.78. The van der Waals surface area contributed by atoms with Gasteiger partial charge in [-0.25, -0.2) is 0 Å². The summed E-state index contributed by atoms with van der Waals surface area (Å²) in [5.41, 5.74) is 0. The number of hydrogen-bond donors (Lipinski definition) is 0. The monoisotopic (exact) mass is 448 g/mol. The summed E-state index contributed by atoms with van der Waals surface area (Å²) < 4.78 is 4.44. The Kier molecular flexibility index (Phi) is 7.05. The van der Waals surface area contributed by atoms with Gasteiger partial charge in [-0.2, -0.15) is 0 Å². The first-order chi connectivity index (χ1) is 10.4. The molecule has 2 heteroatoms. The molecule has 0 saturated carbocycles. The summed E-state index contributed by atoms with van der Waals surface area (Å²) in [7, 11) is 0. The number of alkyl halides is 1. The molecule has 106 valence electrons. The van der Waals surface area contributed by atoms with Crippen molar-refractivity contribution >= 4 is 50.3 Å². The second-order valence-electron chi connectivity index (χ2n) is 4.34. The van der Waals surface area contributed by atoms with Crippen LogP contribution in [0.25, 0.3) is 0 Å². The third-order valence-electron chi connectivity index (χ3n) is 3.04. The molecule has 0 radical (unpaired) electrons. The van der Waals surface area contributed by atoms with E-state index in [-0.39, 0.29) is 0 Å². The molecule has 0 fully saturated rings. The molecule has 3 aromatic carbocycles. The molecule has 0 saturated heterocycles. The van der Waals surface area contributed by atoms with Crippen molar-refractivity contribution < 1.29 is 0 Å². The van der Waals surface area contributed by atoms with E-state index in [0.717, 1.165) is 0 Å². The van der Waals surface area contributed by atoms with Gasteiger partial charge in [-0.15, -0.1) is 0 Å². The van der Waals surface area contributed by atoms with Crippen LogP contribution in [-0.2, 0) is 0 Å². The zero-order valence-corrected chi connectivity index (χ0v) is 16.0. The summed E-state index contributed by atoms with van der Waals surface area (Å²) in [4.78, 5) is 1.97. The maximum atomic E-state index is 2.26. The van der Waals surface area contributed by atoms with E-state index in [1.165, 1.54) is 13.1 Å². The van der Waals surface area contributed by atoms with Crippen LogP contribution >= 0.6 is 22.6 Å². The van der Waals surface area contributed by atoms with E-state index in [1.807, 2.05) is 4.93 Å². The van der Waals surface area contributed by atoms with E-state index in [1.54, 1.807) is 0 Å². The van der Waals surface area contributed by atoms with E-state index in [0.29, 0.717) is 0 Å². The molecule has 0 aliphatic rings. The molecule has 0 aliphatic carbocycles. The molecule has 0 nitrogen and oxygen atoms in total. The van der Waals surface area contributed by atoms with E-state index >= 15 is 0 Å². The summed E-state index contributed by atoms with van der Waals surface area (Å²) in [6, 6.07) is 32.7. The first kappa shape index (κ1) is 16.3. The SMILES string of the molecule is CI.c1ccc([As](c2ccccc2)c2ccccc2)cc1. The second-order valence-corrected chi connectivity index (χ2v) is 9.00. The van der Waals surface area contributed by atoms with Gasteiger partial charge in [0.15, 0.2) is 0 Å². The van der Waals surface area contributed by atoms with Crippen LogP contribution in [0.5, 0.6) is 0 Å². The molecule has 0 bridgehead atoms. The fraction of sp³-hybridized carbons (Fsp3) is 0.0526. The van der Waals surface area contributed by atoms with Crippen molar-refractivity contribution in [1.82, 2.24) is 0 Å². The van der Waals surface area contributed by atoms with E-state index in [9.17, 15) is 0 Å². The van der Waals surface area contributed by atoms with E-state index in [4.69, 9.17) is 0 Å². The van der Waals surface area contributed by atoms with Gasteiger partial charge in [0.25, 0.3) is 0 Å². The van der Waals surface area contributed by atoms with Gasteiger partial charge in [-0.05, 0) is 4.93 Å². The Morgan fingerprint density at radius 1 is 0.476 bits per heavy atom. The predicted octanol–water partition coefficient (Wildman–Crippen LogP) is 3.25. The molecule has 0 aliphatic heterocycles. The Morgan fingerprint density at radius 3 is 0.952 bits per heavy atom. The first-order valence-corrected chi connectivity index (χ1v) is 11.8. The van der Waals surface area contributed by atoms with E-state index < -0.39 is 14.7 Å². The Bertz CT molecular complexity index is 530. The molecular formula is C19H18AsI. The Morgan fingerprint density at radius 2 is 0.714 bits per heavy atom. The van der Waals surface area contributed by atoms with Crippen LogP contribution < -0.4 is 13.1 Å². The predicted molar refractivity (Wildman–Crippen MR) is 104 cm³/mol. The molecular weight excluding hydrogens is 430 g/mol. The molecule has 0 spiro atoms. The van der Waals surface area contributed by atoms with Gasteiger partial charge in [0.05, 0.1) is 0 Å². The third kappa shape index (κ3) is 4.46. The van der Waals surface area contributed by atoms with Crippen LogP contribution in [0.1, 0.15) is 0 Å². The van der Waals surface area contributed by atoms with Gasteiger partial charge in [0.2, 0.25) is 0 Å². The van der Waals surface area contributed by atoms with Crippen molar-refractivity contribution in [2.45, 2.75) is 0 Å². The molecule has 3 aromatic rings. The van der Waals surface area contributed by atoms with E-state index in [2.05, 4.69) is 114 Å². The Labute approximate surface area is 145 Å². The normalized spacial score (nSPS) is 9.86. The van der Waals surface area contributed by atoms with Gasteiger partial charge in [0.1, 0.15) is 0 Å². The molecule has 3 rings (SSSR count). The zero-order valence-electron chi connectivity index (χ0n) is 12.0. The topological polar surface area (TPSA) is 0 Å². The van der Waals surface area contributed by atoms with Crippen LogP contribution in [0, 0.1) is 0 Å². The van der Waals surface area contributed by atoms with Crippen LogP contribution in [0.2, 0.25) is 0 Å². The number of rotatable bonds is 3. The average Bonchev–Trinajstić information content (AvgIpc) is 2.60. The van der Waals surface area contributed by atoms with Gasteiger partial charge >= 0.3 is 119 Å². The van der Waals surface area contributed by atoms with Crippen molar-refractivity contribution in [2.75, 3.05) is 4.93 Å². The van der Waals surface area contributed by atoms with Crippen molar-refractivity contribution in [3.05, 3.63) is 91.0 Å². The summed E-state index contributed by atoms with van der Waals surface area (Å²) >= 11 is 0.760. The fourth-order valence-electron chi connectivity index (χ4n) is 2.18. The Hall–Kier alpha value is -1.05. The molecule has 0 atom stereocenters. The van der Waals surface area contributed by atoms with Crippen molar-refractivity contribution in [3.8, 4) is 0 Å². The summed E-state index contributed by atoms with van der Waals surface area (Å²) in [5, 5.41) is 0. The van der Waals surface area contributed by atoms with Crippen molar-refractivity contribution in [2.24, 2.45) is 0 Å². The zero-order chi connectivity index (χ0) is 14.9. The standard InChI is InChI=1S/C18H15As.CH3I/c1-4-10-16(11-5-1)19(17-12-6-2-7-13-17)18-14-8-3-9-15-18;1-2/h1-15H;1H3. The van der Waals surface area contributed by atoms with Crippen LogP contribution in [0.4, 0.5) is 0 Å². The minimum absolute atomic E-state index is 1.39. The molecule has 0 aromatic heterocycles.